The van der Waals surface area contributed by atoms with E-state index in [0.717, 1.165) is 19.5 Å². The molecule has 2 aromatic heterocycles. The second kappa shape index (κ2) is 6.52. The number of nitrogens with one attached hydrogen (secondary N) is 2. The van der Waals surface area contributed by atoms with E-state index < -0.39 is 0 Å². The molecule has 0 spiro atoms. The molecule has 0 unspecified atom stereocenters. The van der Waals surface area contributed by atoms with Crippen LogP contribution in [0.3, 0.4) is 0 Å². The van der Waals surface area contributed by atoms with Crippen molar-refractivity contribution in [3.05, 3.63) is 40.6 Å². The van der Waals surface area contributed by atoms with Crippen LogP contribution in [0.15, 0.2) is 29.3 Å². The second-order valence-electron chi connectivity index (χ2n) is 5.14. The summed E-state index contributed by atoms with van der Waals surface area (Å²) < 4.78 is 5.04. The summed E-state index contributed by atoms with van der Waals surface area (Å²) in [5.41, 5.74) is 0.462. The molecule has 22 heavy (non-hydrogen) atoms. The molecule has 1 aliphatic rings. The highest BCUT2D eigenvalue weighted by Gasteiger charge is 2.24. The van der Waals surface area contributed by atoms with E-state index in [9.17, 15) is 4.79 Å². The molecule has 8 heteroatoms. The van der Waals surface area contributed by atoms with Crippen LogP contribution in [-0.4, -0.2) is 46.2 Å². The number of rotatable bonds is 5. The van der Waals surface area contributed by atoms with Crippen molar-refractivity contribution in [3.63, 3.8) is 0 Å². The van der Waals surface area contributed by atoms with Crippen LogP contribution < -0.4 is 15.8 Å². The summed E-state index contributed by atoms with van der Waals surface area (Å²) in [5.74, 6) is 1.20. The van der Waals surface area contributed by atoms with Gasteiger partial charge >= 0.3 is 0 Å². The van der Waals surface area contributed by atoms with Crippen molar-refractivity contribution in [1.82, 2.24) is 19.9 Å². The minimum absolute atomic E-state index is 0.167. The minimum Gasteiger partial charge on any atom is -0.378 e. The molecule has 2 N–H and O–H groups in total. The predicted octanol–water partition coefficient (Wildman–Crippen LogP) is 0.397. The molecule has 0 aromatic carbocycles. The van der Waals surface area contributed by atoms with Crippen LogP contribution >= 0.6 is 0 Å². The lowest BCUT2D eigenvalue weighted by Crippen LogP contribution is -2.29. The van der Waals surface area contributed by atoms with E-state index in [4.69, 9.17) is 4.74 Å². The third kappa shape index (κ3) is 3.40. The van der Waals surface area contributed by atoms with Crippen LogP contribution in [0.4, 0.5) is 11.9 Å². The van der Waals surface area contributed by atoms with Gasteiger partial charge in [0.1, 0.15) is 0 Å². The number of aromatic nitrogens is 4. The van der Waals surface area contributed by atoms with Crippen LogP contribution in [0.5, 0.6) is 0 Å². The average molecular weight is 302 g/mol. The van der Waals surface area contributed by atoms with Crippen molar-refractivity contribution in [2.45, 2.75) is 19.1 Å². The highest BCUT2D eigenvalue weighted by Crippen LogP contribution is 2.17. The number of H-pyrrole nitrogens is 1. The van der Waals surface area contributed by atoms with E-state index in [2.05, 4.69) is 25.3 Å². The molecular weight excluding hydrogens is 284 g/mol. The van der Waals surface area contributed by atoms with Gasteiger partial charge < -0.3 is 15.0 Å². The maximum Gasteiger partial charge on any atom is 0.252 e. The molecule has 0 amide bonds. The topological polar surface area (TPSA) is 96.0 Å². The van der Waals surface area contributed by atoms with Gasteiger partial charge in [0, 0.05) is 44.7 Å². The van der Waals surface area contributed by atoms with Gasteiger partial charge in [0.2, 0.25) is 11.9 Å². The molecule has 0 aliphatic carbocycles. The summed E-state index contributed by atoms with van der Waals surface area (Å²) in [6.45, 7) is 1.87. The van der Waals surface area contributed by atoms with Gasteiger partial charge in [0.05, 0.1) is 12.3 Å². The van der Waals surface area contributed by atoms with E-state index in [0.29, 0.717) is 24.2 Å². The Balaban J connectivity index is 1.68. The number of hydrogen-bond acceptors (Lipinski definition) is 7. The van der Waals surface area contributed by atoms with Crippen molar-refractivity contribution in [1.29, 1.82) is 0 Å². The van der Waals surface area contributed by atoms with Gasteiger partial charge in [-0.25, -0.2) is 15.0 Å². The first-order chi connectivity index (χ1) is 10.7. The monoisotopic (exact) mass is 302 g/mol. The quantitative estimate of drug-likeness (QED) is 0.825. The Kier molecular flexibility index (Phi) is 4.29. The lowest BCUT2D eigenvalue weighted by atomic mass is 10.3. The van der Waals surface area contributed by atoms with Crippen molar-refractivity contribution < 1.29 is 4.74 Å². The first-order valence-electron chi connectivity index (χ1n) is 7.12. The normalized spacial score (nSPS) is 17.7. The summed E-state index contributed by atoms with van der Waals surface area (Å²) in [7, 11) is 1.58. The molecule has 8 nitrogen and oxygen atoms in total. The number of hydrogen-bond donors (Lipinski definition) is 2. The Bertz CT molecular complexity index is 675. The summed E-state index contributed by atoms with van der Waals surface area (Å²) in [6, 6.07) is 3.46. The van der Waals surface area contributed by atoms with E-state index >= 15 is 0 Å². The number of anilines is 2. The molecule has 0 saturated carbocycles. The van der Waals surface area contributed by atoms with Crippen LogP contribution in [0.2, 0.25) is 0 Å². The molecule has 0 bridgehead atoms. The van der Waals surface area contributed by atoms with Crippen molar-refractivity contribution >= 4 is 11.9 Å². The Morgan fingerprint density at radius 1 is 1.45 bits per heavy atom. The van der Waals surface area contributed by atoms with E-state index in [-0.39, 0.29) is 11.6 Å². The fourth-order valence-corrected chi connectivity index (χ4v) is 2.49. The molecule has 1 fully saturated rings. The fourth-order valence-electron chi connectivity index (χ4n) is 2.49. The average Bonchev–Trinajstić information content (AvgIpc) is 2.97. The summed E-state index contributed by atoms with van der Waals surface area (Å²) in [6.07, 6.45) is 4.33. The van der Waals surface area contributed by atoms with Gasteiger partial charge in [-0.1, -0.05) is 0 Å². The SMILES string of the molecule is COCc1cc(=O)[nH]c(N2CC[C@H](Nc3ncccn3)C2)n1. The van der Waals surface area contributed by atoms with Crippen LogP contribution in [0.25, 0.3) is 0 Å². The zero-order valence-electron chi connectivity index (χ0n) is 12.3. The summed E-state index contributed by atoms with van der Waals surface area (Å²) in [5, 5.41) is 3.29. The van der Waals surface area contributed by atoms with Crippen molar-refractivity contribution in [3.8, 4) is 0 Å². The van der Waals surface area contributed by atoms with Crippen molar-refractivity contribution in [2.75, 3.05) is 30.4 Å². The molecule has 3 heterocycles. The zero-order valence-corrected chi connectivity index (χ0v) is 12.3. The second-order valence-corrected chi connectivity index (χ2v) is 5.14. The maximum atomic E-state index is 11.7. The fraction of sp³-hybridized carbons (Fsp3) is 0.429. The van der Waals surface area contributed by atoms with Crippen LogP contribution in [0, 0.1) is 0 Å². The van der Waals surface area contributed by atoms with Crippen LogP contribution in [-0.2, 0) is 11.3 Å². The summed E-state index contributed by atoms with van der Waals surface area (Å²) in [4.78, 5) is 29.3. The lowest BCUT2D eigenvalue weighted by Gasteiger charge is -2.17. The van der Waals surface area contributed by atoms with Crippen LogP contribution in [0.1, 0.15) is 12.1 Å². The Hall–Kier alpha value is -2.48. The Morgan fingerprint density at radius 2 is 2.27 bits per heavy atom. The van der Waals surface area contributed by atoms with Gasteiger partial charge in [-0.05, 0) is 12.5 Å². The molecule has 116 valence electrons. The lowest BCUT2D eigenvalue weighted by molar-refractivity contribution is 0.181. The number of nitrogens with zero attached hydrogens (tertiary/aromatic N) is 4. The minimum atomic E-state index is -0.167. The molecule has 0 radical (unpaired) electrons. The van der Waals surface area contributed by atoms with Gasteiger partial charge in [0.15, 0.2) is 0 Å². The van der Waals surface area contributed by atoms with E-state index in [1.807, 2.05) is 4.90 Å². The molecule has 1 aliphatic heterocycles. The standard InChI is InChI=1S/C14H18N6O2/c1-22-9-11-7-12(21)19-14(18-11)20-6-3-10(8-20)17-13-15-4-2-5-16-13/h2,4-5,7,10H,3,6,8-9H2,1H3,(H,15,16,17)(H,18,19,21)/t10-/m0/s1. The molecule has 1 saturated heterocycles. The van der Waals surface area contributed by atoms with Gasteiger partial charge in [-0.15, -0.1) is 0 Å². The van der Waals surface area contributed by atoms with Gasteiger partial charge in [0.25, 0.3) is 5.56 Å². The zero-order chi connectivity index (χ0) is 15.4. The first kappa shape index (κ1) is 14.5. The molecule has 1 atom stereocenters. The predicted molar refractivity (Wildman–Crippen MR) is 81.8 cm³/mol. The van der Waals surface area contributed by atoms with E-state index in [1.54, 1.807) is 25.6 Å². The first-order valence-corrected chi connectivity index (χ1v) is 7.12. The van der Waals surface area contributed by atoms with Gasteiger partial charge in [-0.2, -0.15) is 0 Å². The highest BCUT2D eigenvalue weighted by molar-refractivity contribution is 5.36. The summed E-state index contributed by atoms with van der Waals surface area (Å²) >= 11 is 0. The molecule has 3 rings (SSSR count). The Morgan fingerprint density at radius 3 is 3.05 bits per heavy atom. The molecule has 2 aromatic rings. The third-order valence-corrected chi connectivity index (χ3v) is 3.46. The maximum absolute atomic E-state index is 11.7. The number of ether oxygens (including phenoxy) is 1. The van der Waals surface area contributed by atoms with Crippen molar-refractivity contribution in [2.24, 2.45) is 0 Å². The Labute approximate surface area is 127 Å². The van der Waals surface area contributed by atoms with Gasteiger partial charge in [-0.3, -0.25) is 9.78 Å². The third-order valence-electron chi connectivity index (χ3n) is 3.46. The smallest absolute Gasteiger partial charge is 0.252 e. The number of methoxy groups -OCH3 is 1. The number of aromatic amines is 1. The highest BCUT2D eigenvalue weighted by atomic mass is 16.5. The largest absolute Gasteiger partial charge is 0.378 e. The van der Waals surface area contributed by atoms with E-state index in [1.165, 1.54) is 6.07 Å². The molecular formula is C14H18N6O2.